The molecule has 0 bridgehead atoms. The summed E-state index contributed by atoms with van der Waals surface area (Å²) in [5, 5.41) is 11.7. The summed E-state index contributed by atoms with van der Waals surface area (Å²) in [5.74, 6) is -0.782. The molecule has 0 aliphatic heterocycles. The Morgan fingerprint density at radius 2 is 1.71 bits per heavy atom. The summed E-state index contributed by atoms with van der Waals surface area (Å²) in [6, 6.07) is 3.98. The number of aliphatic carboxylic acids is 1. The Bertz CT molecular complexity index is 491. The molecule has 0 radical (unpaired) electrons. The van der Waals surface area contributed by atoms with Crippen LogP contribution in [0.1, 0.15) is 30.6 Å². The van der Waals surface area contributed by atoms with Gasteiger partial charge in [0, 0.05) is 0 Å². The number of amides is 1. The summed E-state index contributed by atoms with van der Waals surface area (Å²) in [6.45, 7) is 3.79. The van der Waals surface area contributed by atoms with Crippen molar-refractivity contribution in [2.45, 2.75) is 26.3 Å². The number of benzene rings is 1. The standard InChI is InChI=1S/C15H21NO5/c1-9(2)8-10(15(18)19)16-14(17)13-11(20-3)6-5-7-12(13)21-4/h5-7,9-10H,8H2,1-4H3,(H,16,17)(H,18,19)/t10-/m1/s1. The van der Waals surface area contributed by atoms with Gasteiger partial charge >= 0.3 is 5.97 Å². The number of rotatable bonds is 7. The van der Waals surface area contributed by atoms with Gasteiger partial charge in [0.1, 0.15) is 23.1 Å². The molecule has 0 spiro atoms. The van der Waals surface area contributed by atoms with Crippen LogP contribution in [-0.4, -0.2) is 37.2 Å². The van der Waals surface area contributed by atoms with E-state index in [1.54, 1.807) is 18.2 Å². The first-order chi connectivity index (χ1) is 9.90. The quantitative estimate of drug-likeness (QED) is 0.803. The largest absolute Gasteiger partial charge is 0.496 e. The number of carboxylic acids is 1. The van der Waals surface area contributed by atoms with Crippen molar-refractivity contribution in [2.24, 2.45) is 5.92 Å². The van der Waals surface area contributed by atoms with Crippen molar-refractivity contribution < 1.29 is 24.2 Å². The van der Waals surface area contributed by atoms with Crippen LogP contribution in [0.3, 0.4) is 0 Å². The zero-order valence-electron chi connectivity index (χ0n) is 12.7. The summed E-state index contributed by atoms with van der Waals surface area (Å²) < 4.78 is 10.3. The molecule has 1 aromatic carbocycles. The molecule has 0 aliphatic carbocycles. The minimum Gasteiger partial charge on any atom is -0.496 e. The highest BCUT2D eigenvalue weighted by Gasteiger charge is 2.25. The van der Waals surface area contributed by atoms with E-state index in [1.165, 1.54) is 14.2 Å². The molecule has 21 heavy (non-hydrogen) atoms. The van der Waals surface area contributed by atoms with Crippen molar-refractivity contribution in [1.82, 2.24) is 5.32 Å². The van der Waals surface area contributed by atoms with Crippen LogP contribution < -0.4 is 14.8 Å². The molecule has 0 saturated heterocycles. The van der Waals surface area contributed by atoms with Crippen LogP contribution in [0.15, 0.2) is 18.2 Å². The first-order valence-corrected chi connectivity index (χ1v) is 6.65. The van der Waals surface area contributed by atoms with Crippen LogP contribution in [0.2, 0.25) is 0 Å². The maximum absolute atomic E-state index is 12.4. The number of nitrogens with one attached hydrogen (secondary N) is 1. The smallest absolute Gasteiger partial charge is 0.326 e. The third-order valence-electron chi connectivity index (χ3n) is 2.97. The molecule has 2 N–H and O–H groups in total. The molecule has 6 heteroatoms. The number of hydrogen-bond acceptors (Lipinski definition) is 4. The van der Waals surface area contributed by atoms with Crippen LogP contribution in [0.4, 0.5) is 0 Å². The van der Waals surface area contributed by atoms with Crippen LogP contribution in [-0.2, 0) is 4.79 Å². The van der Waals surface area contributed by atoms with E-state index in [0.717, 1.165) is 0 Å². The fraction of sp³-hybridized carbons (Fsp3) is 0.467. The molecule has 0 heterocycles. The molecular weight excluding hydrogens is 274 g/mol. The van der Waals surface area contributed by atoms with Crippen molar-refractivity contribution in [3.8, 4) is 11.5 Å². The molecule has 0 fully saturated rings. The lowest BCUT2D eigenvalue weighted by Crippen LogP contribution is -2.41. The van der Waals surface area contributed by atoms with E-state index in [1.807, 2.05) is 13.8 Å². The second-order valence-electron chi connectivity index (χ2n) is 5.03. The van der Waals surface area contributed by atoms with E-state index in [2.05, 4.69) is 5.32 Å². The Balaban J connectivity index is 3.04. The van der Waals surface area contributed by atoms with Gasteiger partial charge in [0.2, 0.25) is 0 Å². The predicted molar refractivity (Wildman–Crippen MR) is 77.9 cm³/mol. The van der Waals surface area contributed by atoms with Crippen LogP contribution >= 0.6 is 0 Å². The first kappa shape index (κ1) is 16.8. The van der Waals surface area contributed by atoms with Gasteiger partial charge in [0.15, 0.2) is 0 Å². The third-order valence-corrected chi connectivity index (χ3v) is 2.97. The molecule has 0 aromatic heterocycles. The fourth-order valence-corrected chi connectivity index (χ4v) is 2.00. The summed E-state index contributed by atoms with van der Waals surface area (Å²) in [6.07, 6.45) is 0.346. The fourth-order valence-electron chi connectivity index (χ4n) is 2.00. The SMILES string of the molecule is COc1cccc(OC)c1C(=O)N[C@H](CC(C)C)C(=O)O. The van der Waals surface area contributed by atoms with Crippen molar-refractivity contribution in [1.29, 1.82) is 0 Å². The molecule has 116 valence electrons. The second kappa shape index (κ2) is 7.52. The molecule has 6 nitrogen and oxygen atoms in total. The maximum atomic E-state index is 12.4. The summed E-state index contributed by atoms with van der Waals surface area (Å²) in [7, 11) is 2.88. The highest BCUT2D eigenvalue weighted by molar-refractivity contribution is 6.01. The lowest BCUT2D eigenvalue weighted by Gasteiger charge is -2.18. The minimum absolute atomic E-state index is 0.144. The van der Waals surface area contributed by atoms with Crippen LogP contribution in [0.5, 0.6) is 11.5 Å². The summed E-state index contributed by atoms with van der Waals surface area (Å²) in [4.78, 5) is 23.6. The molecule has 1 rings (SSSR count). The average molecular weight is 295 g/mol. The average Bonchev–Trinajstić information content (AvgIpc) is 2.44. The van der Waals surface area contributed by atoms with Gasteiger partial charge in [0.05, 0.1) is 14.2 Å². The Kier molecular flexibility index (Phi) is 6.02. The Labute approximate surface area is 124 Å². The normalized spacial score (nSPS) is 11.9. The Morgan fingerprint density at radius 3 is 2.10 bits per heavy atom. The van der Waals surface area contributed by atoms with Crippen molar-refractivity contribution in [3.63, 3.8) is 0 Å². The van der Waals surface area contributed by atoms with E-state index in [0.29, 0.717) is 17.9 Å². The van der Waals surface area contributed by atoms with E-state index in [4.69, 9.17) is 9.47 Å². The lowest BCUT2D eigenvalue weighted by molar-refractivity contribution is -0.139. The highest BCUT2D eigenvalue weighted by atomic mass is 16.5. The van der Waals surface area contributed by atoms with Gasteiger partial charge < -0.3 is 19.9 Å². The number of carboxylic acid groups (broad SMARTS) is 1. The Hall–Kier alpha value is -2.24. The van der Waals surface area contributed by atoms with Gasteiger partial charge in [-0.3, -0.25) is 4.79 Å². The van der Waals surface area contributed by atoms with Crippen LogP contribution in [0.25, 0.3) is 0 Å². The van der Waals surface area contributed by atoms with Gasteiger partial charge in [-0.25, -0.2) is 4.79 Å². The van der Waals surface area contributed by atoms with E-state index in [-0.39, 0.29) is 11.5 Å². The molecule has 1 atom stereocenters. The number of carbonyl (C=O) groups is 2. The zero-order chi connectivity index (χ0) is 16.0. The van der Waals surface area contributed by atoms with E-state index in [9.17, 15) is 14.7 Å². The molecule has 1 amide bonds. The highest BCUT2D eigenvalue weighted by Crippen LogP contribution is 2.28. The van der Waals surface area contributed by atoms with Crippen LogP contribution in [0, 0.1) is 5.92 Å². The van der Waals surface area contributed by atoms with E-state index >= 15 is 0 Å². The lowest BCUT2D eigenvalue weighted by atomic mass is 10.0. The molecule has 0 unspecified atom stereocenters. The Morgan fingerprint density at radius 1 is 1.19 bits per heavy atom. The minimum atomic E-state index is -1.06. The topological polar surface area (TPSA) is 84.9 Å². The maximum Gasteiger partial charge on any atom is 0.326 e. The van der Waals surface area contributed by atoms with E-state index < -0.39 is 17.9 Å². The molecule has 1 aromatic rings. The van der Waals surface area contributed by atoms with Gasteiger partial charge in [-0.1, -0.05) is 19.9 Å². The van der Waals surface area contributed by atoms with Gasteiger partial charge in [-0.15, -0.1) is 0 Å². The number of hydrogen-bond donors (Lipinski definition) is 2. The van der Waals surface area contributed by atoms with Crippen molar-refractivity contribution >= 4 is 11.9 Å². The zero-order valence-corrected chi connectivity index (χ0v) is 12.7. The first-order valence-electron chi connectivity index (χ1n) is 6.65. The third kappa shape index (κ3) is 4.37. The van der Waals surface area contributed by atoms with Gasteiger partial charge in [-0.05, 0) is 24.5 Å². The van der Waals surface area contributed by atoms with Gasteiger partial charge in [0.25, 0.3) is 5.91 Å². The van der Waals surface area contributed by atoms with Crippen molar-refractivity contribution in [3.05, 3.63) is 23.8 Å². The summed E-state index contributed by atoms with van der Waals surface area (Å²) in [5.41, 5.74) is 0.192. The van der Waals surface area contributed by atoms with Crippen molar-refractivity contribution in [2.75, 3.05) is 14.2 Å². The molecule has 0 saturated carbocycles. The summed E-state index contributed by atoms with van der Waals surface area (Å²) >= 11 is 0. The number of methoxy groups -OCH3 is 2. The van der Waals surface area contributed by atoms with Gasteiger partial charge in [-0.2, -0.15) is 0 Å². The molecule has 0 aliphatic rings. The number of carbonyl (C=O) groups excluding carboxylic acids is 1. The second-order valence-corrected chi connectivity index (χ2v) is 5.03. The number of ether oxygens (including phenoxy) is 2. The predicted octanol–water partition coefficient (Wildman–Crippen LogP) is 1.93. The molecular formula is C15H21NO5. The monoisotopic (exact) mass is 295 g/mol.